The lowest BCUT2D eigenvalue weighted by molar-refractivity contribution is 0.00977. The molecule has 22 heavy (non-hydrogen) atoms. The van der Waals surface area contributed by atoms with Gasteiger partial charge in [0.05, 0.1) is 6.54 Å². The molecule has 1 N–H and O–H groups in total. The highest BCUT2D eigenvalue weighted by Crippen LogP contribution is 2.27. The lowest BCUT2D eigenvalue weighted by Gasteiger charge is -2.35. The largest absolute Gasteiger partial charge is 0.508 e. The van der Waals surface area contributed by atoms with Gasteiger partial charge in [-0.2, -0.15) is 0 Å². The molecule has 4 heteroatoms. The molecule has 0 aliphatic heterocycles. The summed E-state index contributed by atoms with van der Waals surface area (Å²) >= 11 is 0. The Morgan fingerprint density at radius 2 is 1.86 bits per heavy atom. The van der Waals surface area contributed by atoms with E-state index in [1.807, 2.05) is 32.9 Å². The van der Waals surface area contributed by atoms with Crippen LogP contribution in [0.4, 0.5) is 4.79 Å². The van der Waals surface area contributed by atoms with Gasteiger partial charge in [0.15, 0.2) is 0 Å². The Labute approximate surface area is 133 Å². The summed E-state index contributed by atoms with van der Waals surface area (Å²) in [5.74, 6) is 0.229. The Kier molecular flexibility index (Phi) is 5.33. The van der Waals surface area contributed by atoms with Crippen LogP contribution in [0.1, 0.15) is 58.4 Å². The molecule has 1 aromatic carbocycles. The number of hydrogen-bond donors (Lipinski definition) is 1. The van der Waals surface area contributed by atoms with E-state index >= 15 is 0 Å². The van der Waals surface area contributed by atoms with E-state index in [9.17, 15) is 9.90 Å². The van der Waals surface area contributed by atoms with Crippen LogP contribution in [0.5, 0.6) is 5.75 Å². The topological polar surface area (TPSA) is 49.8 Å². The molecule has 0 bridgehead atoms. The predicted molar refractivity (Wildman–Crippen MR) is 86.8 cm³/mol. The molecule has 0 atom stereocenters. The Hall–Kier alpha value is -1.71. The van der Waals surface area contributed by atoms with E-state index in [0.717, 1.165) is 31.2 Å². The van der Waals surface area contributed by atoms with Crippen LogP contribution in [0, 0.1) is 0 Å². The van der Waals surface area contributed by atoms with Crippen molar-refractivity contribution in [2.24, 2.45) is 0 Å². The zero-order valence-corrected chi connectivity index (χ0v) is 13.8. The molecule has 0 heterocycles. The van der Waals surface area contributed by atoms with Crippen LogP contribution in [0.2, 0.25) is 0 Å². The lowest BCUT2D eigenvalue weighted by atomic mass is 9.94. The number of hydrogen-bond acceptors (Lipinski definition) is 3. The normalized spacial score (nSPS) is 16.3. The summed E-state index contributed by atoms with van der Waals surface area (Å²) in [5, 5.41) is 9.99. The average molecular weight is 305 g/mol. The summed E-state index contributed by atoms with van der Waals surface area (Å²) < 4.78 is 5.57. The zero-order chi connectivity index (χ0) is 16.2. The molecule has 2 rings (SSSR count). The zero-order valence-electron chi connectivity index (χ0n) is 13.8. The van der Waals surface area contributed by atoms with E-state index in [4.69, 9.17) is 4.74 Å². The van der Waals surface area contributed by atoms with Gasteiger partial charge in [-0.15, -0.1) is 0 Å². The van der Waals surface area contributed by atoms with Crippen LogP contribution in [0.15, 0.2) is 24.3 Å². The highest BCUT2D eigenvalue weighted by atomic mass is 16.6. The molecule has 4 nitrogen and oxygen atoms in total. The Bertz CT molecular complexity index is 501. The number of rotatable bonds is 3. The quantitative estimate of drug-likeness (QED) is 0.896. The van der Waals surface area contributed by atoms with Gasteiger partial charge >= 0.3 is 6.09 Å². The monoisotopic (exact) mass is 305 g/mol. The minimum absolute atomic E-state index is 0.197. The summed E-state index contributed by atoms with van der Waals surface area (Å²) in [6.07, 6.45) is 5.24. The van der Waals surface area contributed by atoms with E-state index in [1.165, 1.54) is 6.42 Å². The molecule has 1 aliphatic carbocycles. The van der Waals surface area contributed by atoms with Crippen LogP contribution in [-0.2, 0) is 11.3 Å². The van der Waals surface area contributed by atoms with Crippen LogP contribution >= 0.6 is 0 Å². The van der Waals surface area contributed by atoms with Gasteiger partial charge in [-0.25, -0.2) is 4.79 Å². The fourth-order valence-corrected chi connectivity index (χ4v) is 2.88. The highest BCUT2D eigenvalue weighted by molar-refractivity contribution is 5.68. The van der Waals surface area contributed by atoms with Gasteiger partial charge in [-0.1, -0.05) is 37.5 Å². The van der Waals surface area contributed by atoms with Gasteiger partial charge in [0.1, 0.15) is 11.4 Å². The molecule has 1 aliphatic rings. The van der Waals surface area contributed by atoms with Crippen molar-refractivity contribution >= 4 is 6.09 Å². The number of phenols is 1. The second-order valence-corrected chi connectivity index (χ2v) is 7.03. The van der Waals surface area contributed by atoms with E-state index < -0.39 is 5.60 Å². The maximum Gasteiger partial charge on any atom is 0.410 e. The van der Waals surface area contributed by atoms with E-state index in [1.54, 1.807) is 17.0 Å². The first-order valence-electron chi connectivity index (χ1n) is 8.13. The minimum Gasteiger partial charge on any atom is -0.508 e. The predicted octanol–water partition coefficient (Wildman–Crippen LogP) is 4.46. The Morgan fingerprint density at radius 1 is 1.23 bits per heavy atom. The van der Waals surface area contributed by atoms with Crippen LogP contribution in [0.3, 0.4) is 0 Å². The molecule has 1 amide bonds. The second-order valence-electron chi connectivity index (χ2n) is 7.03. The van der Waals surface area contributed by atoms with E-state index in [2.05, 4.69) is 0 Å². The van der Waals surface area contributed by atoms with Crippen molar-refractivity contribution < 1.29 is 14.6 Å². The molecule has 0 aromatic heterocycles. The Balaban J connectivity index is 2.17. The van der Waals surface area contributed by atoms with Gasteiger partial charge in [0, 0.05) is 11.6 Å². The van der Waals surface area contributed by atoms with Crippen molar-refractivity contribution in [3.8, 4) is 5.75 Å². The first-order chi connectivity index (χ1) is 10.4. The highest BCUT2D eigenvalue weighted by Gasteiger charge is 2.29. The van der Waals surface area contributed by atoms with Gasteiger partial charge in [-0.05, 0) is 39.7 Å². The van der Waals surface area contributed by atoms with Crippen LogP contribution in [-0.4, -0.2) is 27.7 Å². The Morgan fingerprint density at radius 3 is 2.45 bits per heavy atom. The molecule has 122 valence electrons. The number of amides is 1. The number of carbonyl (C=O) groups is 1. The smallest absolute Gasteiger partial charge is 0.410 e. The van der Waals surface area contributed by atoms with Crippen molar-refractivity contribution in [1.29, 1.82) is 0 Å². The van der Waals surface area contributed by atoms with Crippen LogP contribution < -0.4 is 0 Å². The average Bonchev–Trinajstić information content (AvgIpc) is 2.45. The van der Waals surface area contributed by atoms with Gasteiger partial charge in [0.25, 0.3) is 0 Å². The van der Waals surface area contributed by atoms with Crippen molar-refractivity contribution in [2.75, 3.05) is 0 Å². The van der Waals surface area contributed by atoms with E-state index in [-0.39, 0.29) is 17.9 Å². The number of carbonyl (C=O) groups excluding carboxylic acids is 1. The third-order valence-corrected chi connectivity index (χ3v) is 3.98. The number of benzene rings is 1. The second kappa shape index (κ2) is 7.03. The maximum absolute atomic E-state index is 12.6. The van der Waals surface area contributed by atoms with Crippen molar-refractivity contribution in [3.05, 3.63) is 29.8 Å². The molecule has 1 fully saturated rings. The number of phenolic OH excluding ortho intramolecular Hbond substituents is 1. The maximum atomic E-state index is 12.6. The summed E-state index contributed by atoms with van der Waals surface area (Å²) in [7, 11) is 0. The number of ether oxygens (including phenoxy) is 1. The SMILES string of the molecule is CC(C)(C)OC(=O)N(Cc1ccccc1O)C1CCCCC1. The summed E-state index contributed by atoms with van der Waals surface area (Å²) in [6, 6.07) is 7.38. The summed E-state index contributed by atoms with van der Waals surface area (Å²) in [5.41, 5.74) is 0.252. The fourth-order valence-electron chi connectivity index (χ4n) is 2.88. The number of nitrogens with zero attached hydrogens (tertiary/aromatic N) is 1. The lowest BCUT2D eigenvalue weighted by Crippen LogP contribution is -2.43. The summed E-state index contributed by atoms with van der Waals surface area (Å²) in [6.45, 7) is 6.03. The van der Waals surface area contributed by atoms with Crippen molar-refractivity contribution in [2.45, 2.75) is 71.1 Å². The van der Waals surface area contributed by atoms with Gasteiger partial charge in [0.2, 0.25) is 0 Å². The molecule has 0 spiro atoms. The number of para-hydroxylation sites is 1. The molecular formula is C18H27NO3. The standard InChI is InChI=1S/C18H27NO3/c1-18(2,3)22-17(21)19(15-10-5-4-6-11-15)13-14-9-7-8-12-16(14)20/h7-9,12,15,20H,4-6,10-11,13H2,1-3H3. The van der Waals surface area contributed by atoms with Gasteiger partial charge < -0.3 is 14.7 Å². The molecule has 0 unspecified atom stereocenters. The first kappa shape index (κ1) is 16.7. The van der Waals surface area contributed by atoms with Crippen LogP contribution in [0.25, 0.3) is 0 Å². The first-order valence-corrected chi connectivity index (χ1v) is 8.13. The minimum atomic E-state index is -0.511. The van der Waals surface area contributed by atoms with Gasteiger partial charge in [-0.3, -0.25) is 0 Å². The third kappa shape index (κ3) is 4.65. The van der Waals surface area contributed by atoms with Crippen molar-refractivity contribution in [1.82, 2.24) is 4.90 Å². The summed E-state index contributed by atoms with van der Waals surface area (Å²) in [4.78, 5) is 14.4. The number of aromatic hydroxyl groups is 1. The fraction of sp³-hybridized carbons (Fsp3) is 0.611. The molecular weight excluding hydrogens is 278 g/mol. The molecule has 1 saturated carbocycles. The van der Waals surface area contributed by atoms with E-state index in [0.29, 0.717) is 6.54 Å². The molecule has 1 aromatic rings. The third-order valence-electron chi connectivity index (χ3n) is 3.98. The van der Waals surface area contributed by atoms with Crippen molar-refractivity contribution in [3.63, 3.8) is 0 Å². The molecule has 0 saturated heterocycles. The molecule has 0 radical (unpaired) electrons.